The first-order chi connectivity index (χ1) is 6.48. The van der Waals surface area contributed by atoms with Gasteiger partial charge in [-0.2, -0.15) is 0 Å². The van der Waals surface area contributed by atoms with Gasteiger partial charge >= 0.3 is 0 Å². The van der Waals surface area contributed by atoms with Crippen molar-refractivity contribution >= 4 is 33.0 Å². The molecule has 1 unspecified atom stereocenters. The third kappa shape index (κ3) is 3.33. The van der Waals surface area contributed by atoms with E-state index in [0.29, 0.717) is 6.42 Å². The van der Waals surface area contributed by atoms with Gasteiger partial charge in [-0.25, -0.2) is 0 Å². The van der Waals surface area contributed by atoms with E-state index in [1.165, 1.54) is 7.00 Å². The van der Waals surface area contributed by atoms with Gasteiger partial charge in [0.05, 0.1) is 12.7 Å². The third-order valence-corrected chi connectivity index (χ3v) is 4.14. The van der Waals surface area contributed by atoms with Gasteiger partial charge in [0, 0.05) is 6.00 Å². The molecular weight excluding hydrogens is 221 g/mol. The average molecular weight is 233 g/mol. The summed E-state index contributed by atoms with van der Waals surface area (Å²) in [5, 5.41) is 8.95. The molecule has 1 rings (SSSR count). The highest BCUT2D eigenvalue weighted by Crippen LogP contribution is 2.44. The van der Waals surface area contributed by atoms with Gasteiger partial charge in [-0.3, -0.25) is 0 Å². The Bertz CT molecular complexity index is 242. The summed E-state index contributed by atoms with van der Waals surface area (Å²) in [5.41, 5.74) is 0. The van der Waals surface area contributed by atoms with Crippen LogP contribution in [0.15, 0.2) is 0 Å². The second-order valence-electron chi connectivity index (χ2n) is 3.10. The van der Waals surface area contributed by atoms with Gasteiger partial charge < -0.3 is 19.3 Å². The van der Waals surface area contributed by atoms with Crippen LogP contribution in [-0.2, 0) is 21.1 Å². The van der Waals surface area contributed by atoms with Crippen molar-refractivity contribution in [1.29, 1.82) is 0 Å². The smallest absolute Gasteiger partial charge is 0.228 e. The zero-order valence-corrected chi connectivity index (χ0v) is 9.58. The molecule has 0 aromatic carbocycles. The monoisotopic (exact) mass is 233 g/mol. The van der Waals surface area contributed by atoms with Crippen molar-refractivity contribution in [2.75, 3.05) is 6.61 Å². The molecule has 77 valence electrons. The molecule has 0 spiro atoms. The molecule has 4 nitrogen and oxygen atoms in total. The maximum Gasteiger partial charge on any atom is 0.228 e. The molecule has 0 aromatic heterocycles. The van der Waals surface area contributed by atoms with Crippen LogP contribution in [0.2, 0.25) is 6.82 Å². The van der Waals surface area contributed by atoms with Crippen molar-refractivity contribution in [1.82, 2.24) is 0 Å². The summed E-state index contributed by atoms with van der Waals surface area (Å²) in [6.07, 6.45) is -3.30. The molecule has 0 saturated carbocycles. The molecule has 1 heterocycles. The molecule has 0 aromatic rings. The van der Waals surface area contributed by atoms with Gasteiger partial charge in [0.25, 0.3) is 0 Å². The van der Waals surface area contributed by atoms with Crippen LogP contribution in [0.5, 0.6) is 0 Å². The Morgan fingerprint density at radius 1 is 1.79 bits per heavy atom. The molecule has 1 aliphatic heterocycles. The van der Waals surface area contributed by atoms with Crippen molar-refractivity contribution in [3.63, 3.8) is 0 Å². The summed E-state index contributed by atoms with van der Waals surface area (Å²) in [4.78, 5) is 9.55. The minimum atomic E-state index is -2.84. The van der Waals surface area contributed by atoms with Crippen LogP contribution in [0.4, 0.5) is 0 Å². The molecular formula is C6H12B2O4PS. The van der Waals surface area contributed by atoms with Gasteiger partial charge in [-0.05, 0) is 18.2 Å². The quantitative estimate of drug-likeness (QED) is 0.511. The minimum Gasteiger partial charge on any atom is -0.394 e. The van der Waals surface area contributed by atoms with Crippen molar-refractivity contribution in [3.8, 4) is 0 Å². The van der Waals surface area contributed by atoms with Crippen LogP contribution in [0.1, 0.15) is 6.42 Å². The summed E-state index contributed by atoms with van der Waals surface area (Å²) < 4.78 is 10.4. The van der Waals surface area contributed by atoms with E-state index >= 15 is 0 Å². The van der Waals surface area contributed by atoms with Gasteiger partial charge in [-0.15, -0.1) is 0 Å². The second kappa shape index (κ2) is 5.10. The van der Waals surface area contributed by atoms with Crippen LogP contribution in [0, 0.1) is 0 Å². The molecule has 1 aliphatic rings. The number of ether oxygens (including phenoxy) is 1. The SMILES string of the molecule is [B][C@H]1C[C@@H](OP(O)(=S)[B]C)[C@@H](CO)O1. The summed E-state index contributed by atoms with van der Waals surface area (Å²) >= 11 is 4.83. The van der Waals surface area contributed by atoms with Gasteiger partial charge in [0.15, 0.2) is 0 Å². The van der Waals surface area contributed by atoms with Crippen molar-refractivity contribution in [2.45, 2.75) is 31.5 Å². The topological polar surface area (TPSA) is 58.9 Å². The normalized spacial score (nSPS) is 36.6. The number of aliphatic hydroxyl groups is 1. The number of hydrogen-bond donors (Lipinski definition) is 2. The van der Waals surface area contributed by atoms with E-state index in [-0.39, 0.29) is 6.61 Å². The molecule has 1 saturated heterocycles. The highest BCUT2D eigenvalue weighted by molar-refractivity contribution is 8.22. The predicted octanol–water partition coefficient (Wildman–Crippen LogP) is -0.384. The minimum absolute atomic E-state index is 0.183. The lowest BCUT2D eigenvalue weighted by Crippen LogP contribution is -2.27. The zero-order valence-electron chi connectivity index (χ0n) is 7.87. The molecule has 2 N–H and O–H groups in total. The van der Waals surface area contributed by atoms with E-state index in [4.69, 9.17) is 34.0 Å². The largest absolute Gasteiger partial charge is 0.394 e. The molecule has 8 heteroatoms. The van der Waals surface area contributed by atoms with Crippen LogP contribution in [0.25, 0.3) is 0 Å². The van der Waals surface area contributed by atoms with E-state index in [1.54, 1.807) is 6.82 Å². The van der Waals surface area contributed by atoms with E-state index in [2.05, 4.69) is 0 Å². The molecule has 14 heavy (non-hydrogen) atoms. The van der Waals surface area contributed by atoms with Crippen LogP contribution >= 0.6 is 6.37 Å². The molecule has 0 bridgehead atoms. The Kier molecular flexibility index (Phi) is 4.62. The Morgan fingerprint density at radius 3 is 2.93 bits per heavy atom. The molecule has 0 aliphatic carbocycles. The number of rotatable bonds is 4. The van der Waals surface area contributed by atoms with E-state index in [0.717, 1.165) is 0 Å². The fourth-order valence-corrected chi connectivity index (χ4v) is 2.34. The standard InChI is InChI=1S/C6H12B2O4PS/c1-8-13(10,14)12-4-2-6(7)11-5(4)3-9/h4-6,9H,2-3H2,1H3,(H,10,14)/t4-,5-,6-,13?/m1/s1. The predicted molar refractivity (Wildman–Crippen MR) is 59.1 cm³/mol. The molecule has 1 fully saturated rings. The van der Waals surface area contributed by atoms with Gasteiger partial charge in [-0.1, -0.05) is 6.82 Å². The second-order valence-corrected chi connectivity index (χ2v) is 6.52. The van der Waals surface area contributed by atoms with Crippen LogP contribution < -0.4 is 0 Å². The van der Waals surface area contributed by atoms with Crippen molar-refractivity contribution < 1.29 is 19.3 Å². The Balaban J connectivity index is 2.55. The Morgan fingerprint density at radius 2 is 2.43 bits per heavy atom. The third-order valence-electron chi connectivity index (χ3n) is 2.02. The Hall–Kier alpha value is 0.620. The summed E-state index contributed by atoms with van der Waals surface area (Å²) in [7, 11) is 5.52. The summed E-state index contributed by atoms with van der Waals surface area (Å²) in [6, 6.07) is -0.455. The highest BCUT2D eigenvalue weighted by Gasteiger charge is 2.35. The maximum atomic E-state index is 9.55. The lowest BCUT2D eigenvalue weighted by atomic mass is 9.96. The van der Waals surface area contributed by atoms with Crippen molar-refractivity contribution in [2.24, 2.45) is 0 Å². The first-order valence-corrected chi connectivity index (χ1v) is 7.06. The van der Waals surface area contributed by atoms with Gasteiger partial charge in [0.1, 0.15) is 20.3 Å². The van der Waals surface area contributed by atoms with E-state index in [9.17, 15) is 4.89 Å². The lowest BCUT2D eigenvalue weighted by molar-refractivity contribution is 0.00476. The van der Waals surface area contributed by atoms with Gasteiger partial charge in [0.2, 0.25) is 7.00 Å². The van der Waals surface area contributed by atoms with Crippen molar-refractivity contribution in [3.05, 3.63) is 0 Å². The fraction of sp³-hybridized carbons (Fsp3) is 1.00. The fourth-order valence-electron chi connectivity index (χ4n) is 1.27. The number of hydrogen-bond acceptors (Lipinski definition) is 4. The van der Waals surface area contributed by atoms with E-state index in [1.807, 2.05) is 0 Å². The molecule has 4 atom stereocenters. The first-order valence-electron chi connectivity index (χ1n) is 4.32. The first kappa shape index (κ1) is 12.7. The molecule has 0 amide bonds. The van der Waals surface area contributed by atoms with Crippen LogP contribution in [0.3, 0.4) is 0 Å². The number of aliphatic hydroxyl groups excluding tert-OH is 1. The highest BCUT2D eigenvalue weighted by atomic mass is 32.4. The summed E-state index contributed by atoms with van der Waals surface area (Å²) in [6.45, 7) is 2.92. The lowest BCUT2D eigenvalue weighted by Gasteiger charge is -2.22. The maximum absolute atomic E-state index is 9.55. The summed E-state index contributed by atoms with van der Waals surface area (Å²) in [5.74, 6) is 0. The Labute approximate surface area is 90.8 Å². The molecule has 3 radical (unpaired) electrons. The zero-order chi connectivity index (χ0) is 10.8. The van der Waals surface area contributed by atoms with E-state index < -0.39 is 24.6 Å². The van der Waals surface area contributed by atoms with Crippen LogP contribution in [-0.4, -0.2) is 49.7 Å². The average Bonchev–Trinajstić information content (AvgIpc) is 2.45.